The van der Waals surface area contributed by atoms with Crippen LogP contribution in [0.5, 0.6) is 0 Å². The maximum absolute atomic E-state index is 13.0. The second kappa shape index (κ2) is 6.73. The van der Waals surface area contributed by atoms with Crippen molar-refractivity contribution in [1.82, 2.24) is 4.90 Å². The Bertz CT molecular complexity index is 819. The predicted octanol–water partition coefficient (Wildman–Crippen LogP) is 2.96. The summed E-state index contributed by atoms with van der Waals surface area (Å²) >= 11 is 0. The number of halogens is 1. The molecule has 1 saturated heterocycles. The van der Waals surface area contributed by atoms with E-state index in [4.69, 9.17) is 0 Å². The zero-order valence-electron chi connectivity index (χ0n) is 13.1. The molecular formula is C18H18FNO3S. The van der Waals surface area contributed by atoms with Gasteiger partial charge in [-0.05, 0) is 36.2 Å². The number of benzene rings is 2. The smallest absolute Gasteiger partial charge is 0.224 e. The minimum atomic E-state index is -3.46. The first-order valence-electron chi connectivity index (χ1n) is 7.80. The molecule has 24 heavy (non-hydrogen) atoms. The van der Waals surface area contributed by atoms with Gasteiger partial charge in [-0.3, -0.25) is 4.79 Å². The van der Waals surface area contributed by atoms with Crippen LogP contribution in [0.4, 0.5) is 4.39 Å². The summed E-state index contributed by atoms with van der Waals surface area (Å²) in [5.41, 5.74) is 0.877. The summed E-state index contributed by atoms with van der Waals surface area (Å²) in [7, 11) is -3.46. The lowest BCUT2D eigenvalue weighted by Crippen LogP contribution is -2.45. The first kappa shape index (κ1) is 16.6. The van der Waals surface area contributed by atoms with Crippen LogP contribution >= 0.6 is 0 Å². The van der Waals surface area contributed by atoms with Crippen LogP contribution in [0, 0.1) is 5.82 Å². The molecule has 6 heteroatoms. The van der Waals surface area contributed by atoms with Crippen molar-refractivity contribution in [2.24, 2.45) is 0 Å². The van der Waals surface area contributed by atoms with Crippen LogP contribution in [0.2, 0.25) is 0 Å². The molecule has 3 rings (SSSR count). The van der Waals surface area contributed by atoms with Crippen LogP contribution in [-0.4, -0.2) is 31.5 Å². The molecule has 126 valence electrons. The first-order valence-corrected chi connectivity index (χ1v) is 9.45. The van der Waals surface area contributed by atoms with E-state index in [2.05, 4.69) is 0 Å². The molecule has 0 N–H and O–H groups in total. The average Bonchev–Trinajstić information content (AvgIpc) is 2.55. The normalized spacial score (nSPS) is 17.4. The third-order valence-electron chi connectivity index (χ3n) is 4.28. The number of amides is 1. The number of nitrogens with zero attached hydrogens (tertiary/aromatic N) is 1. The van der Waals surface area contributed by atoms with E-state index in [0.29, 0.717) is 6.54 Å². The van der Waals surface area contributed by atoms with E-state index in [-0.39, 0.29) is 34.8 Å². The van der Waals surface area contributed by atoms with Crippen LogP contribution in [0.25, 0.3) is 0 Å². The number of hydrogen-bond acceptors (Lipinski definition) is 3. The maximum Gasteiger partial charge on any atom is 0.224 e. The average molecular weight is 347 g/mol. The van der Waals surface area contributed by atoms with E-state index in [1.807, 2.05) is 0 Å². The number of likely N-dealkylation sites (tertiary alicyclic amines) is 1. The van der Waals surface area contributed by atoms with E-state index in [1.54, 1.807) is 35.2 Å². The lowest BCUT2D eigenvalue weighted by atomic mass is 9.94. The first-order chi connectivity index (χ1) is 11.5. The molecule has 2 aromatic carbocycles. The van der Waals surface area contributed by atoms with Crippen molar-refractivity contribution in [3.8, 4) is 0 Å². The highest BCUT2D eigenvalue weighted by Crippen LogP contribution is 2.33. The van der Waals surface area contributed by atoms with Crippen molar-refractivity contribution < 1.29 is 17.6 Å². The highest BCUT2D eigenvalue weighted by molar-refractivity contribution is 7.91. The summed E-state index contributed by atoms with van der Waals surface area (Å²) < 4.78 is 37.5. The Morgan fingerprint density at radius 3 is 2.33 bits per heavy atom. The molecule has 0 saturated carbocycles. The Labute approximate surface area is 140 Å². The van der Waals surface area contributed by atoms with Gasteiger partial charge in [0, 0.05) is 13.0 Å². The SMILES string of the molecule is O=C(CCS(=O)(=O)c1ccccc1)N1CC[C@@H]1c1ccc(F)cc1. The minimum Gasteiger partial charge on any atom is -0.335 e. The van der Waals surface area contributed by atoms with Crippen molar-refractivity contribution in [2.75, 3.05) is 12.3 Å². The molecule has 1 aliphatic heterocycles. The molecule has 0 spiro atoms. The summed E-state index contributed by atoms with van der Waals surface area (Å²) in [6.07, 6.45) is 0.762. The molecule has 2 aromatic rings. The zero-order valence-corrected chi connectivity index (χ0v) is 13.9. The van der Waals surface area contributed by atoms with Crippen LogP contribution in [0.15, 0.2) is 59.5 Å². The van der Waals surface area contributed by atoms with E-state index < -0.39 is 9.84 Å². The van der Waals surface area contributed by atoms with E-state index in [9.17, 15) is 17.6 Å². The van der Waals surface area contributed by atoms with Crippen LogP contribution in [0.3, 0.4) is 0 Å². The molecule has 0 radical (unpaired) electrons. The third-order valence-corrected chi connectivity index (χ3v) is 6.01. The van der Waals surface area contributed by atoms with Gasteiger partial charge in [0.1, 0.15) is 5.82 Å². The molecule has 4 nitrogen and oxygen atoms in total. The summed E-state index contributed by atoms with van der Waals surface area (Å²) in [6.45, 7) is 0.603. The minimum absolute atomic E-state index is 0.0467. The van der Waals surface area contributed by atoms with Crippen molar-refractivity contribution in [1.29, 1.82) is 0 Å². The van der Waals surface area contributed by atoms with E-state index >= 15 is 0 Å². The highest BCUT2D eigenvalue weighted by Gasteiger charge is 2.33. The molecule has 1 atom stereocenters. The van der Waals surface area contributed by atoms with Gasteiger partial charge in [0.05, 0.1) is 16.7 Å². The fraction of sp³-hybridized carbons (Fsp3) is 0.278. The Morgan fingerprint density at radius 2 is 1.75 bits per heavy atom. The molecule has 1 fully saturated rings. The topological polar surface area (TPSA) is 54.5 Å². The molecule has 0 aromatic heterocycles. The fourth-order valence-electron chi connectivity index (χ4n) is 2.83. The van der Waals surface area contributed by atoms with Crippen LogP contribution in [0.1, 0.15) is 24.4 Å². The zero-order chi connectivity index (χ0) is 17.2. The second-order valence-electron chi connectivity index (χ2n) is 5.83. The number of carbonyl (C=O) groups is 1. The van der Waals surface area contributed by atoms with Crippen molar-refractivity contribution in [2.45, 2.75) is 23.8 Å². The van der Waals surface area contributed by atoms with E-state index in [0.717, 1.165) is 12.0 Å². The molecular weight excluding hydrogens is 329 g/mol. The predicted molar refractivity (Wildman–Crippen MR) is 88.6 cm³/mol. The van der Waals surface area contributed by atoms with Crippen molar-refractivity contribution in [3.63, 3.8) is 0 Å². The highest BCUT2D eigenvalue weighted by atomic mass is 32.2. The summed E-state index contributed by atoms with van der Waals surface area (Å²) in [5.74, 6) is -0.706. The number of carbonyl (C=O) groups excluding carboxylic acids is 1. The van der Waals surface area contributed by atoms with Gasteiger partial charge in [-0.25, -0.2) is 12.8 Å². The molecule has 1 amide bonds. The quantitative estimate of drug-likeness (QED) is 0.836. The van der Waals surface area contributed by atoms with Gasteiger partial charge in [0.15, 0.2) is 9.84 Å². The Kier molecular flexibility index (Phi) is 4.66. The Morgan fingerprint density at radius 1 is 1.08 bits per heavy atom. The number of rotatable bonds is 5. The molecule has 0 bridgehead atoms. The van der Waals surface area contributed by atoms with Gasteiger partial charge < -0.3 is 4.90 Å². The van der Waals surface area contributed by atoms with Gasteiger partial charge in [-0.2, -0.15) is 0 Å². The fourth-order valence-corrected chi connectivity index (χ4v) is 4.08. The van der Waals surface area contributed by atoms with Gasteiger partial charge in [-0.1, -0.05) is 30.3 Å². The monoisotopic (exact) mass is 347 g/mol. The van der Waals surface area contributed by atoms with Crippen LogP contribution in [-0.2, 0) is 14.6 Å². The van der Waals surface area contributed by atoms with Gasteiger partial charge in [-0.15, -0.1) is 0 Å². The Balaban J connectivity index is 1.62. The molecule has 0 unspecified atom stereocenters. The molecule has 0 aliphatic carbocycles. The number of hydrogen-bond donors (Lipinski definition) is 0. The lowest BCUT2D eigenvalue weighted by Gasteiger charge is -2.41. The van der Waals surface area contributed by atoms with Crippen LogP contribution < -0.4 is 0 Å². The molecule has 1 aliphatic rings. The number of sulfone groups is 1. The standard InChI is InChI=1S/C18H18FNO3S/c19-15-8-6-14(7-9-15)17-10-12-20(17)18(21)11-13-24(22,23)16-4-2-1-3-5-16/h1-9,17H,10-13H2/t17-/m1/s1. The van der Waals surface area contributed by atoms with Gasteiger partial charge in [0.25, 0.3) is 0 Å². The lowest BCUT2D eigenvalue weighted by molar-refractivity contribution is -0.138. The molecule has 1 heterocycles. The van der Waals surface area contributed by atoms with Crippen molar-refractivity contribution in [3.05, 3.63) is 66.0 Å². The maximum atomic E-state index is 13.0. The van der Waals surface area contributed by atoms with E-state index in [1.165, 1.54) is 24.3 Å². The summed E-state index contributed by atoms with van der Waals surface area (Å²) in [4.78, 5) is 14.2. The summed E-state index contributed by atoms with van der Waals surface area (Å²) in [6, 6.07) is 14.1. The largest absolute Gasteiger partial charge is 0.335 e. The Hall–Kier alpha value is -2.21. The van der Waals surface area contributed by atoms with Gasteiger partial charge in [0.2, 0.25) is 5.91 Å². The van der Waals surface area contributed by atoms with Gasteiger partial charge >= 0.3 is 0 Å². The third kappa shape index (κ3) is 3.48. The van der Waals surface area contributed by atoms with Crippen molar-refractivity contribution >= 4 is 15.7 Å². The second-order valence-corrected chi connectivity index (χ2v) is 7.93. The summed E-state index contributed by atoms with van der Waals surface area (Å²) in [5, 5.41) is 0.